The minimum Gasteiger partial charge on any atom is -0.482 e. The van der Waals surface area contributed by atoms with E-state index in [0.29, 0.717) is 36.0 Å². The van der Waals surface area contributed by atoms with Crippen molar-refractivity contribution in [3.8, 4) is 5.75 Å². The molecule has 0 fully saturated rings. The first-order valence-corrected chi connectivity index (χ1v) is 6.25. The van der Waals surface area contributed by atoms with E-state index in [-0.39, 0.29) is 18.6 Å². The molecule has 1 atom stereocenters. The van der Waals surface area contributed by atoms with Gasteiger partial charge in [0.15, 0.2) is 6.61 Å². The van der Waals surface area contributed by atoms with Gasteiger partial charge in [-0.3, -0.25) is 4.79 Å². The molecule has 0 aromatic heterocycles. The molecular formula is C13H19N3O4. The molecule has 0 aliphatic carbocycles. The Kier molecular flexibility index (Phi) is 4.65. The van der Waals surface area contributed by atoms with Gasteiger partial charge in [0.1, 0.15) is 5.75 Å². The van der Waals surface area contributed by atoms with Gasteiger partial charge in [-0.15, -0.1) is 0 Å². The van der Waals surface area contributed by atoms with Gasteiger partial charge < -0.3 is 30.6 Å². The molecule has 7 nitrogen and oxygen atoms in total. The minimum atomic E-state index is -0.178. The Hall–Kier alpha value is -1.99. The third kappa shape index (κ3) is 3.31. The van der Waals surface area contributed by atoms with Crippen LogP contribution in [-0.2, 0) is 14.3 Å². The minimum absolute atomic E-state index is 0.0127. The van der Waals surface area contributed by atoms with Crippen LogP contribution in [0.4, 0.5) is 17.1 Å². The fourth-order valence-electron chi connectivity index (χ4n) is 1.92. The average molecular weight is 281 g/mol. The van der Waals surface area contributed by atoms with Crippen LogP contribution in [0.15, 0.2) is 12.1 Å². The van der Waals surface area contributed by atoms with Crippen molar-refractivity contribution in [2.24, 2.45) is 0 Å². The van der Waals surface area contributed by atoms with E-state index < -0.39 is 0 Å². The number of hydrogen-bond acceptors (Lipinski definition) is 6. The van der Waals surface area contributed by atoms with Crippen molar-refractivity contribution in [1.82, 2.24) is 0 Å². The van der Waals surface area contributed by atoms with Crippen LogP contribution in [-0.4, -0.2) is 46.0 Å². The van der Waals surface area contributed by atoms with Gasteiger partial charge in [0.2, 0.25) is 0 Å². The van der Waals surface area contributed by atoms with Crippen molar-refractivity contribution in [3.05, 3.63) is 12.1 Å². The maximum Gasteiger partial charge on any atom is 0.262 e. The lowest BCUT2D eigenvalue weighted by atomic mass is 10.2. The largest absolute Gasteiger partial charge is 0.482 e. The number of carbonyl (C=O) groups is 1. The number of anilines is 3. The normalized spacial score (nSPS) is 15.0. The van der Waals surface area contributed by atoms with E-state index in [1.165, 1.54) is 0 Å². The lowest BCUT2D eigenvalue weighted by molar-refractivity contribution is -0.118. The van der Waals surface area contributed by atoms with Crippen molar-refractivity contribution < 1.29 is 19.0 Å². The SMILES string of the molecule is COCC(CNc1cc2c(cc1N)OCC(=O)N2)OC. The van der Waals surface area contributed by atoms with E-state index in [0.717, 1.165) is 0 Å². The highest BCUT2D eigenvalue weighted by molar-refractivity contribution is 5.97. The Morgan fingerprint density at radius 2 is 2.30 bits per heavy atom. The first-order valence-electron chi connectivity index (χ1n) is 6.25. The summed E-state index contributed by atoms with van der Waals surface area (Å²) in [7, 11) is 3.24. The van der Waals surface area contributed by atoms with E-state index in [1.54, 1.807) is 26.4 Å². The molecule has 4 N–H and O–H groups in total. The van der Waals surface area contributed by atoms with Crippen molar-refractivity contribution >= 4 is 23.0 Å². The van der Waals surface area contributed by atoms with Crippen LogP contribution in [0.2, 0.25) is 0 Å². The predicted molar refractivity (Wildman–Crippen MR) is 76.1 cm³/mol. The fourth-order valence-corrected chi connectivity index (χ4v) is 1.92. The summed E-state index contributed by atoms with van der Waals surface area (Å²) in [4.78, 5) is 11.3. The third-order valence-corrected chi connectivity index (χ3v) is 2.99. The molecule has 0 spiro atoms. The van der Waals surface area contributed by atoms with Crippen LogP contribution < -0.4 is 21.1 Å². The highest BCUT2D eigenvalue weighted by atomic mass is 16.5. The second-order valence-corrected chi connectivity index (χ2v) is 4.47. The molecule has 1 aliphatic rings. The second kappa shape index (κ2) is 6.44. The number of amides is 1. The van der Waals surface area contributed by atoms with Gasteiger partial charge >= 0.3 is 0 Å². The second-order valence-electron chi connectivity index (χ2n) is 4.47. The van der Waals surface area contributed by atoms with E-state index >= 15 is 0 Å². The summed E-state index contributed by atoms with van der Waals surface area (Å²) < 4.78 is 15.6. The van der Waals surface area contributed by atoms with Gasteiger partial charge in [-0.1, -0.05) is 0 Å². The van der Waals surface area contributed by atoms with Crippen molar-refractivity contribution in [2.75, 3.05) is 50.3 Å². The van der Waals surface area contributed by atoms with E-state index in [1.807, 2.05) is 0 Å². The summed E-state index contributed by atoms with van der Waals surface area (Å²) in [6, 6.07) is 3.44. The monoisotopic (exact) mass is 281 g/mol. The number of fused-ring (bicyclic) bond motifs is 1. The first kappa shape index (κ1) is 14.4. The Bertz CT molecular complexity index is 493. The first-order chi connectivity index (χ1) is 9.63. The number of nitrogens with one attached hydrogen (secondary N) is 2. The number of benzene rings is 1. The zero-order valence-electron chi connectivity index (χ0n) is 11.6. The number of nitrogen functional groups attached to an aromatic ring is 1. The van der Waals surface area contributed by atoms with E-state index in [2.05, 4.69) is 10.6 Å². The zero-order chi connectivity index (χ0) is 14.5. The molecule has 2 rings (SSSR count). The maximum atomic E-state index is 11.3. The zero-order valence-corrected chi connectivity index (χ0v) is 11.6. The quantitative estimate of drug-likeness (QED) is 0.664. The summed E-state index contributed by atoms with van der Waals surface area (Å²) in [6.45, 7) is 1.04. The molecule has 7 heteroatoms. The highest BCUT2D eigenvalue weighted by Crippen LogP contribution is 2.35. The summed E-state index contributed by atoms with van der Waals surface area (Å²) in [5.74, 6) is 0.398. The maximum absolute atomic E-state index is 11.3. The molecule has 1 amide bonds. The molecule has 0 saturated carbocycles. The number of methoxy groups -OCH3 is 2. The summed E-state index contributed by atoms with van der Waals surface area (Å²) >= 11 is 0. The van der Waals surface area contributed by atoms with Crippen LogP contribution in [0.3, 0.4) is 0 Å². The van der Waals surface area contributed by atoms with Gasteiger partial charge in [-0.25, -0.2) is 0 Å². The lowest BCUT2D eigenvalue weighted by Gasteiger charge is -2.21. The van der Waals surface area contributed by atoms with Gasteiger partial charge in [-0.05, 0) is 6.07 Å². The molecule has 20 heavy (non-hydrogen) atoms. The number of rotatable bonds is 6. The standard InChI is InChI=1S/C13H19N3O4/c1-18-6-8(19-2)5-15-10-4-11-12(3-9(10)14)20-7-13(17)16-11/h3-4,8,15H,5-7,14H2,1-2H3,(H,16,17). The molecule has 0 bridgehead atoms. The van der Waals surface area contributed by atoms with Gasteiger partial charge in [0.25, 0.3) is 5.91 Å². The van der Waals surface area contributed by atoms with Crippen LogP contribution in [0.5, 0.6) is 5.75 Å². The van der Waals surface area contributed by atoms with Gasteiger partial charge in [-0.2, -0.15) is 0 Å². The number of nitrogens with two attached hydrogens (primary N) is 1. The molecule has 1 unspecified atom stereocenters. The fraction of sp³-hybridized carbons (Fsp3) is 0.462. The Morgan fingerprint density at radius 3 is 3.00 bits per heavy atom. The van der Waals surface area contributed by atoms with Gasteiger partial charge in [0, 0.05) is 26.8 Å². The third-order valence-electron chi connectivity index (χ3n) is 2.99. The Labute approximate surface area is 117 Å². The summed E-state index contributed by atoms with van der Waals surface area (Å²) in [5.41, 5.74) is 7.83. The highest BCUT2D eigenvalue weighted by Gasteiger charge is 2.18. The Balaban J connectivity index is 2.08. The Morgan fingerprint density at radius 1 is 1.50 bits per heavy atom. The molecule has 0 radical (unpaired) electrons. The van der Waals surface area contributed by atoms with E-state index in [4.69, 9.17) is 19.9 Å². The van der Waals surface area contributed by atoms with Crippen LogP contribution in [0.1, 0.15) is 0 Å². The number of carbonyl (C=O) groups excluding carboxylic acids is 1. The summed E-state index contributed by atoms with van der Waals surface area (Å²) in [5, 5.41) is 5.92. The van der Waals surface area contributed by atoms with Crippen LogP contribution in [0.25, 0.3) is 0 Å². The molecule has 1 heterocycles. The molecule has 0 saturated heterocycles. The number of ether oxygens (including phenoxy) is 3. The number of hydrogen-bond donors (Lipinski definition) is 3. The molecule has 1 aliphatic heterocycles. The van der Waals surface area contributed by atoms with Crippen molar-refractivity contribution in [3.63, 3.8) is 0 Å². The molecule has 110 valence electrons. The topological polar surface area (TPSA) is 94.8 Å². The van der Waals surface area contributed by atoms with Crippen LogP contribution >= 0.6 is 0 Å². The summed E-state index contributed by atoms with van der Waals surface area (Å²) in [6.07, 6.45) is -0.0822. The van der Waals surface area contributed by atoms with Gasteiger partial charge in [0.05, 0.1) is 29.8 Å². The van der Waals surface area contributed by atoms with Crippen molar-refractivity contribution in [1.29, 1.82) is 0 Å². The lowest BCUT2D eigenvalue weighted by Crippen LogP contribution is -2.28. The van der Waals surface area contributed by atoms with Crippen molar-refractivity contribution in [2.45, 2.75) is 6.10 Å². The molecule has 1 aromatic rings. The predicted octanol–water partition coefficient (Wildman–Crippen LogP) is 0.673. The average Bonchev–Trinajstić information content (AvgIpc) is 2.44. The van der Waals surface area contributed by atoms with Crippen LogP contribution in [0, 0.1) is 0 Å². The molecule has 1 aromatic carbocycles. The molecular weight excluding hydrogens is 262 g/mol. The van der Waals surface area contributed by atoms with E-state index in [9.17, 15) is 4.79 Å². The smallest absolute Gasteiger partial charge is 0.262 e.